The summed E-state index contributed by atoms with van der Waals surface area (Å²) >= 11 is 0. The van der Waals surface area contributed by atoms with Crippen molar-refractivity contribution < 1.29 is 31.1 Å². The third-order valence-electron chi connectivity index (χ3n) is 6.55. The molecule has 0 unspecified atom stereocenters. The molecule has 208 valence electrons. The number of nitrogen functional groups attached to an aromatic ring is 1. The van der Waals surface area contributed by atoms with Gasteiger partial charge in [0.25, 0.3) is 0 Å². The molecule has 0 aliphatic carbocycles. The molecule has 0 amide bonds. The molecule has 1 aliphatic rings. The molecule has 7 nitrogen and oxygen atoms in total. The molecule has 1 aromatic carbocycles. The number of ether oxygens (including phenoxy) is 1. The second-order valence-electron chi connectivity index (χ2n) is 9.12. The fourth-order valence-electron chi connectivity index (χ4n) is 4.32. The van der Waals surface area contributed by atoms with Gasteiger partial charge in [-0.15, -0.1) is 5.10 Å². The number of nitrogens with one attached hydrogen (secondary N) is 2. The molecule has 0 bridgehead atoms. The lowest BCUT2D eigenvalue weighted by molar-refractivity contribution is -0.143. The predicted molar refractivity (Wildman–Crippen MR) is 130 cm³/mol. The SMILES string of the molecule is C=C(/C=C\C=C/C)[C@]1(CO[C@H](C)c2cc(C(F)(F)F)cc(C(F)(F)F)c2)CC[C@@H](n2c(N)n[nH]c2=O)CN1. The first-order valence-corrected chi connectivity index (χ1v) is 11.7. The van der Waals surface area contributed by atoms with E-state index in [0.717, 1.165) is 0 Å². The molecule has 1 aromatic heterocycles. The van der Waals surface area contributed by atoms with Crippen molar-refractivity contribution in [3.8, 4) is 0 Å². The van der Waals surface area contributed by atoms with E-state index in [1.54, 1.807) is 24.3 Å². The number of halogens is 6. The number of hydrogen-bond acceptors (Lipinski definition) is 5. The Kier molecular flexibility index (Phi) is 8.62. The van der Waals surface area contributed by atoms with Gasteiger partial charge in [0.1, 0.15) is 0 Å². The zero-order valence-corrected chi connectivity index (χ0v) is 20.8. The summed E-state index contributed by atoms with van der Waals surface area (Å²) in [6.07, 6.45) is -3.11. The first-order valence-electron chi connectivity index (χ1n) is 11.7. The van der Waals surface area contributed by atoms with Crippen LogP contribution in [0.25, 0.3) is 0 Å². The number of alkyl halides is 6. The van der Waals surface area contributed by atoms with Crippen LogP contribution in [0.5, 0.6) is 0 Å². The molecule has 0 spiro atoms. The number of rotatable bonds is 8. The number of hydrogen-bond donors (Lipinski definition) is 3. The maximum absolute atomic E-state index is 13.3. The van der Waals surface area contributed by atoms with Crippen LogP contribution in [0.1, 0.15) is 55.5 Å². The van der Waals surface area contributed by atoms with Crippen molar-refractivity contribution in [3.05, 3.63) is 81.8 Å². The van der Waals surface area contributed by atoms with Gasteiger partial charge < -0.3 is 15.8 Å². The topological polar surface area (TPSA) is 98.0 Å². The molecule has 2 heterocycles. The van der Waals surface area contributed by atoms with Crippen LogP contribution < -0.4 is 16.7 Å². The zero-order chi connectivity index (χ0) is 28.3. The van der Waals surface area contributed by atoms with Crippen molar-refractivity contribution in [1.82, 2.24) is 20.1 Å². The van der Waals surface area contributed by atoms with E-state index in [2.05, 4.69) is 22.1 Å². The number of nitrogens with zero attached hydrogens (tertiary/aromatic N) is 2. The van der Waals surface area contributed by atoms with E-state index >= 15 is 0 Å². The lowest BCUT2D eigenvalue weighted by Crippen LogP contribution is -2.56. The molecular weight excluding hydrogens is 516 g/mol. The minimum absolute atomic E-state index is 0.0241. The average molecular weight is 546 g/mol. The highest BCUT2D eigenvalue weighted by Gasteiger charge is 2.40. The van der Waals surface area contributed by atoms with E-state index in [1.807, 2.05) is 6.92 Å². The Labute approximate surface area is 215 Å². The highest BCUT2D eigenvalue weighted by molar-refractivity contribution is 5.35. The predicted octanol–water partition coefficient (Wildman–Crippen LogP) is 5.32. The number of aromatic nitrogens is 3. The van der Waals surface area contributed by atoms with E-state index in [9.17, 15) is 31.1 Å². The molecule has 0 saturated carbocycles. The van der Waals surface area contributed by atoms with Crippen molar-refractivity contribution in [3.63, 3.8) is 0 Å². The van der Waals surface area contributed by atoms with Gasteiger partial charge in [-0.2, -0.15) is 26.3 Å². The smallest absolute Gasteiger partial charge is 0.372 e. The highest BCUT2D eigenvalue weighted by atomic mass is 19.4. The molecule has 13 heteroatoms. The van der Waals surface area contributed by atoms with Crippen LogP contribution >= 0.6 is 0 Å². The molecule has 0 radical (unpaired) electrons. The Hall–Kier alpha value is -3.32. The van der Waals surface area contributed by atoms with Crippen molar-refractivity contribution >= 4 is 5.95 Å². The van der Waals surface area contributed by atoms with Crippen molar-refractivity contribution in [1.29, 1.82) is 0 Å². The van der Waals surface area contributed by atoms with Gasteiger partial charge in [0.15, 0.2) is 0 Å². The maximum atomic E-state index is 13.3. The lowest BCUT2D eigenvalue weighted by Gasteiger charge is -2.42. The minimum Gasteiger partial charge on any atom is -0.372 e. The summed E-state index contributed by atoms with van der Waals surface area (Å²) < 4.78 is 87.1. The summed E-state index contributed by atoms with van der Waals surface area (Å²) in [4.78, 5) is 12.1. The van der Waals surface area contributed by atoms with Gasteiger partial charge in [-0.3, -0.25) is 4.57 Å². The Morgan fingerprint density at radius 1 is 1.24 bits per heavy atom. The number of aromatic amines is 1. The van der Waals surface area contributed by atoms with Crippen LogP contribution in [0.15, 0.2) is 59.4 Å². The third kappa shape index (κ3) is 6.57. The van der Waals surface area contributed by atoms with Crippen molar-refractivity contribution in [2.45, 2.75) is 56.7 Å². The number of anilines is 1. The number of H-pyrrole nitrogens is 1. The molecule has 38 heavy (non-hydrogen) atoms. The molecule has 4 N–H and O–H groups in total. The van der Waals surface area contributed by atoms with Crippen molar-refractivity contribution in [2.24, 2.45) is 0 Å². The lowest BCUT2D eigenvalue weighted by atomic mass is 9.81. The number of piperidine rings is 1. The van der Waals surface area contributed by atoms with E-state index in [0.29, 0.717) is 30.5 Å². The van der Waals surface area contributed by atoms with Crippen LogP contribution in [0.2, 0.25) is 0 Å². The van der Waals surface area contributed by atoms with Crippen LogP contribution in [-0.4, -0.2) is 33.5 Å². The highest BCUT2D eigenvalue weighted by Crippen LogP contribution is 2.39. The summed E-state index contributed by atoms with van der Waals surface area (Å²) in [7, 11) is 0. The van der Waals surface area contributed by atoms with Gasteiger partial charge in [-0.1, -0.05) is 30.9 Å². The van der Waals surface area contributed by atoms with Gasteiger partial charge in [0.05, 0.1) is 35.4 Å². The van der Waals surface area contributed by atoms with Crippen molar-refractivity contribution in [2.75, 3.05) is 18.9 Å². The second kappa shape index (κ2) is 11.2. The molecule has 1 fully saturated rings. The summed E-state index contributed by atoms with van der Waals surface area (Å²) in [6, 6.07) is 1.06. The van der Waals surface area contributed by atoms with Crippen LogP contribution in [0.3, 0.4) is 0 Å². The average Bonchev–Trinajstić information content (AvgIpc) is 3.19. The van der Waals surface area contributed by atoms with Crippen LogP contribution in [0, 0.1) is 0 Å². The fourth-order valence-corrected chi connectivity index (χ4v) is 4.32. The largest absolute Gasteiger partial charge is 0.416 e. The summed E-state index contributed by atoms with van der Waals surface area (Å²) in [5, 5.41) is 9.31. The molecule has 1 saturated heterocycles. The molecule has 3 rings (SSSR count). The van der Waals surface area contributed by atoms with E-state index in [-0.39, 0.29) is 36.8 Å². The normalized spacial score (nSPS) is 21.8. The van der Waals surface area contributed by atoms with Gasteiger partial charge in [-0.05, 0) is 56.0 Å². The first kappa shape index (κ1) is 29.2. The molecule has 3 atom stereocenters. The standard InChI is InChI=1S/C25H29F6N5O2/c1-4-5-6-7-15(2)23(9-8-20(13-33-23)36-21(32)34-35-22(36)37)14-38-16(3)17-10-18(24(26,27)28)12-19(11-17)25(29,30)31/h4-7,10-12,16,20,33H,2,8-9,13-14H2,1,3H3,(H2,32,34)(H,35,37)/b5-4-,7-6-/t16-,20-,23-/m1/s1. The Balaban J connectivity index is 1.86. The van der Waals surface area contributed by atoms with E-state index in [4.69, 9.17) is 10.5 Å². The number of nitrogens with two attached hydrogens (primary N) is 1. The van der Waals surface area contributed by atoms with Gasteiger partial charge >= 0.3 is 18.0 Å². The van der Waals surface area contributed by atoms with Gasteiger partial charge in [-0.25, -0.2) is 9.89 Å². The third-order valence-corrected chi connectivity index (χ3v) is 6.55. The Bertz CT molecular complexity index is 1220. The Morgan fingerprint density at radius 3 is 2.34 bits per heavy atom. The minimum atomic E-state index is -4.96. The second-order valence-corrected chi connectivity index (χ2v) is 9.12. The van der Waals surface area contributed by atoms with Crippen LogP contribution in [0.4, 0.5) is 32.3 Å². The Morgan fingerprint density at radius 2 is 1.87 bits per heavy atom. The number of benzene rings is 1. The summed E-state index contributed by atoms with van der Waals surface area (Å²) in [5.41, 5.74) is 1.94. The monoisotopic (exact) mass is 545 g/mol. The molecule has 2 aromatic rings. The van der Waals surface area contributed by atoms with Gasteiger partial charge in [0.2, 0.25) is 5.95 Å². The maximum Gasteiger partial charge on any atom is 0.416 e. The van der Waals surface area contributed by atoms with E-state index < -0.39 is 40.8 Å². The molecule has 1 aliphatic heterocycles. The molecular formula is C25H29F6N5O2. The van der Waals surface area contributed by atoms with Gasteiger partial charge in [0, 0.05) is 6.54 Å². The number of allylic oxidation sites excluding steroid dienone is 3. The van der Waals surface area contributed by atoms with Crippen LogP contribution in [-0.2, 0) is 17.1 Å². The van der Waals surface area contributed by atoms with E-state index in [1.165, 1.54) is 11.5 Å². The zero-order valence-electron chi connectivity index (χ0n) is 20.8. The first-order chi connectivity index (χ1) is 17.7. The summed E-state index contributed by atoms with van der Waals surface area (Å²) in [6.45, 7) is 7.49. The summed E-state index contributed by atoms with van der Waals surface area (Å²) in [5.74, 6) is 0.0241. The quantitative estimate of drug-likeness (QED) is 0.308. The fraction of sp³-hybridized carbons (Fsp3) is 0.440.